The Bertz CT molecular complexity index is 737. The fourth-order valence-corrected chi connectivity index (χ4v) is 2.76. The van der Waals surface area contributed by atoms with Gasteiger partial charge in [0, 0.05) is 18.0 Å². The summed E-state index contributed by atoms with van der Waals surface area (Å²) in [6.07, 6.45) is 1.74. The number of aromatic nitrogens is 1. The molecule has 0 bridgehead atoms. The predicted molar refractivity (Wildman–Crippen MR) is 86.9 cm³/mol. The van der Waals surface area contributed by atoms with Crippen LogP contribution < -0.4 is 11.2 Å². The number of hydrogen-bond donors (Lipinski definition) is 1. The number of nitrogens with two attached hydrogens (primary N) is 1. The number of aryl methyl sites for hydroxylation is 4. The van der Waals surface area contributed by atoms with Gasteiger partial charge in [-0.2, -0.15) is 0 Å². The molecule has 2 rings (SSSR count). The Kier molecular flexibility index (Phi) is 3.77. The van der Waals surface area contributed by atoms with Crippen molar-refractivity contribution in [1.82, 2.24) is 4.57 Å². The normalized spacial score (nSPS) is 10.6. The fourth-order valence-electron chi connectivity index (χ4n) is 2.61. The van der Waals surface area contributed by atoms with Gasteiger partial charge in [-0.25, -0.2) is 0 Å². The molecule has 0 unspecified atom stereocenters. The van der Waals surface area contributed by atoms with Crippen LogP contribution in [-0.2, 0) is 0 Å². The van der Waals surface area contributed by atoms with E-state index in [0.717, 1.165) is 22.5 Å². The maximum absolute atomic E-state index is 11.9. The first-order chi connectivity index (χ1) is 9.31. The minimum atomic E-state index is -0.131. The van der Waals surface area contributed by atoms with Crippen LogP contribution in [0.25, 0.3) is 5.69 Å². The fraction of sp³-hybridized carbons (Fsp3) is 0.250. The van der Waals surface area contributed by atoms with Crippen LogP contribution >= 0.6 is 12.2 Å². The minimum Gasteiger partial charge on any atom is -0.389 e. The monoisotopic (exact) mass is 286 g/mol. The lowest BCUT2D eigenvalue weighted by Crippen LogP contribution is -2.23. The van der Waals surface area contributed by atoms with Gasteiger partial charge in [-0.15, -0.1) is 0 Å². The predicted octanol–water partition coefficient (Wildman–Crippen LogP) is 2.71. The van der Waals surface area contributed by atoms with Crippen molar-refractivity contribution >= 4 is 17.2 Å². The van der Waals surface area contributed by atoms with E-state index < -0.39 is 0 Å². The third-order valence-corrected chi connectivity index (χ3v) is 3.61. The van der Waals surface area contributed by atoms with E-state index in [2.05, 4.69) is 32.9 Å². The molecule has 104 valence electrons. The van der Waals surface area contributed by atoms with E-state index in [1.807, 2.05) is 11.5 Å². The van der Waals surface area contributed by atoms with Crippen molar-refractivity contribution in [3.63, 3.8) is 0 Å². The Balaban J connectivity index is 2.80. The van der Waals surface area contributed by atoms with Crippen LogP contribution in [0.15, 0.2) is 29.2 Å². The van der Waals surface area contributed by atoms with E-state index in [4.69, 9.17) is 18.0 Å². The highest BCUT2D eigenvalue weighted by Gasteiger charge is 2.11. The maximum Gasteiger partial charge on any atom is 0.192 e. The molecule has 0 amide bonds. The van der Waals surface area contributed by atoms with Crippen molar-refractivity contribution in [2.75, 3.05) is 0 Å². The Hall–Kier alpha value is -1.94. The first-order valence-corrected chi connectivity index (χ1v) is 6.83. The zero-order chi connectivity index (χ0) is 15.0. The Morgan fingerprint density at radius 1 is 1.10 bits per heavy atom. The second-order valence-corrected chi connectivity index (χ2v) is 5.61. The zero-order valence-corrected chi connectivity index (χ0v) is 13.0. The molecular formula is C16H18N2OS. The largest absolute Gasteiger partial charge is 0.389 e. The lowest BCUT2D eigenvalue weighted by molar-refractivity contribution is 0.947. The minimum absolute atomic E-state index is 0.131. The third kappa shape index (κ3) is 2.51. The summed E-state index contributed by atoms with van der Waals surface area (Å²) in [6, 6.07) is 5.83. The van der Waals surface area contributed by atoms with Crippen LogP contribution in [-0.4, -0.2) is 9.56 Å². The number of benzene rings is 1. The average molecular weight is 286 g/mol. The van der Waals surface area contributed by atoms with Crippen molar-refractivity contribution < 1.29 is 0 Å². The van der Waals surface area contributed by atoms with E-state index >= 15 is 0 Å². The van der Waals surface area contributed by atoms with Crippen molar-refractivity contribution in [3.05, 3.63) is 62.6 Å². The number of rotatable bonds is 2. The van der Waals surface area contributed by atoms with Crippen LogP contribution in [0, 0.1) is 27.7 Å². The molecule has 0 fully saturated rings. The van der Waals surface area contributed by atoms with Crippen LogP contribution in [0.2, 0.25) is 0 Å². The Labute approximate surface area is 124 Å². The summed E-state index contributed by atoms with van der Waals surface area (Å²) in [5.41, 5.74) is 11.3. The summed E-state index contributed by atoms with van der Waals surface area (Å²) in [7, 11) is 0. The second kappa shape index (κ2) is 5.21. The quantitative estimate of drug-likeness (QED) is 0.864. The molecule has 0 atom stereocenters. The van der Waals surface area contributed by atoms with Gasteiger partial charge < -0.3 is 10.3 Å². The molecule has 0 aliphatic rings. The van der Waals surface area contributed by atoms with Gasteiger partial charge in [-0.05, 0) is 38.8 Å². The molecule has 2 N–H and O–H groups in total. The summed E-state index contributed by atoms with van der Waals surface area (Å²) >= 11 is 4.95. The summed E-state index contributed by atoms with van der Waals surface area (Å²) in [5, 5.41) is 0. The van der Waals surface area contributed by atoms with E-state index in [-0.39, 0.29) is 10.4 Å². The number of pyridine rings is 1. The van der Waals surface area contributed by atoms with Gasteiger partial charge in [0.1, 0.15) is 4.99 Å². The van der Waals surface area contributed by atoms with Crippen LogP contribution in [0.4, 0.5) is 0 Å². The molecule has 1 aromatic carbocycles. The molecule has 0 spiro atoms. The molecule has 20 heavy (non-hydrogen) atoms. The first kappa shape index (κ1) is 14.5. The van der Waals surface area contributed by atoms with Crippen molar-refractivity contribution in [2.45, 2.75) is 27.7 Å². The summed E-state index contributed by atoms with van der Waals surface area (Å²) < 4.78 is 1.99. The van der Waals surface area contributed by atoms with Gasteiger partial charge in [-0.1, -0.05) is 29.9 Å². The first-order valence-electron chi connectivity index (χ1n) is 6.42. The van der Waals surface area contributed by atoms with Crippen molar-refractivity contribution in [2.24, 2.45) is 5.73 Å². The van der Waals surface area contributed by atoms with Crippen molar-refractivity contribution in [1.29, 1.82) is 0 Å². The molecule has 0 aliphatic carbocycles. The summed E-state index contributed by atoms with van der Waals surface area (Å²) in [6.45, 7) is 8.10. The summed E-state index contributed by atoms with van der Waals surface area (Å²) in [5.74, 6) is 0. The van der Waals surface area contributed by atoms with Gasteiger partial charge in [0.25, 0.3) is 0 Å². The standard InChI is InChI=1S/C16H18N2OS/c1-9-5-10(2)15(11(3)6-9)18-8-13(16(17)20)14(19)7-12(18)4/h5-8H,1-4H3,(H2,17,20). The lowest BCUT2D eigenvalue weighted by Gasteiger charge is -2.18. The maximum atomic E-state index is 11.9. The lowest BCUT2D eigenvalue weighted by atomic mass is 10.0. The molecule has 0 saturated heterocycles. The SMILES string of the molecule is Cc1cc(C)c(-n2cc(C(N)=S)c(=O)cc2C)c(C)c1. The number of nitrogens with zero attached hydrogens (tertiary/aromatic N) is 1. The third-order valence-electron chi connectivity index (χ3n) is 3.39. The van der Waals surface area contributed by atoms with Gasteiger partial charge in [-0.3, -0.25) is 4.79 Å². The Morgan fingerprint density at radius 3 is 2.15 bits per heavy atom. The molecule has 1 heterocycles. The van der Waals surface area contributed by atoms with Crippen LogP contribution in [0.3, 0.4) is 0 Å². The van der Waals surface area contributed by atoms with E-state index in [1.165, 1.54) is 5.56 Å². The van der Waals surface area contributed by atoms with Crippen LogP contribution in [0.5, 0.6) is 0 Å². The Morgan fingerprint density at radius 2 is 1.65 bits per heavy atom. The van der Waals surface area contributed by atoms with E-state index in [9.17, 15) is 4.79 Å². The number of thiocarbonyl (C=S) groups is 1. The van der Waals surface area contributed by atoms with Gasteiger partial charge >= 0.3 is 0 Å². The molecule has 2 aromatic rings. The van der Waals surface area contributed by atoms with Crippen LogP contribution in [0.1, 0.15) is 27.9 Å². The van der Waals surface area contributed by atoms with E-state index in [1.54, 1.807) is 12.3 Å². The summed E-state index contributed by atoms with van der Waals surface area (Å²) in [4.78, 5) is 12.0. The molecule has 1 aromatic heterocycles. The van der Waals surface area contributed by atoms with Gasteiger partial charge in [0.15, 0.2) is 5.43 Å². The second-order valence-electron chi connectivity index (χ2n) is 5.17. The topological polar surface area (TPSA) is 48.0 Å². The zero-order valence-electron chi connectivity index (χ0n) is 12.2. The number of hydrogen-bond acceptors (Lipinski definition) is 2. The highest BCUT2D eigenvalue weighted by molar-refractivity contribution is 7.80. The van der Waals surface area contributed by atoms with Gasteiger partial charge in [0.2, 0.25) is 0 Å². The smallest absolute Gasteiger partial charge is 0.192 e. The molecule has 0 radical (unpaired) electrons. The molecule has 0 aliphatic heterocycles. The van der Waals surface area contributed by atoms with Crippen molar-refractivity contribution in [3.8, 4) is 5.69 Å². The molecule has 4 heteroatoms. The molecule has 0 saturated carbocycles. The van der Waals surface area contributed by atoms with E-state index in [0.29, 0.717) is 5.56 Å². The molecular weight excluding hydrogens is 268 g/mol. The molecule has 3 nitrogen and oxygen atoms in total. The highest BCUT2D eigenvalue weighted by atomic mass is 32.1. The van der Waals surface area contributed by atoms with Gasteiger partial charge in [0.05, 0.1) is 11.3 Å². The average Bonchev–Trinajstić information content (AvgIpc) is 2.29. The highest BCUT2D eigenvalue weighted by Crippen LogP contribution is 2.22.